The normalized spacial score (nSPS) is 35.6. The topological polar surface area (TPSA) is 108 Å². The van der Waals surface area contributed by atoms with Crippen LogP contribution >= 0.6 is 0 Å². The van der Waals surface area contributed by atoms with E-state index in [1.54, 1.807) is 17.0 Å². The molecular formula is C29H36N4O5. The zero-order chi connectivity index (χ0) is 26.0. The Labute approximate surface area is 222 Å². The highest BCUT2D eigenvalue weighted by Crippen LogP contribution is 2.58. The van der Waals surface area contributed by atoms with Gasteiger partial charge in [-0.2, -0.15) is 0 Å². The third kappa shape index (κ3) is 4.01. The number of benzene rings is 1. The molecular weight excluding hydrogens is 484 g/mol. The third-order valence-corrected chi connectivity index (χ3v) is 10.2. The number of rotatable bonds is 7. The molecule has 0 spiro atoms. The Hall–Kier alpha value is -2.94. The van der Waals surface area contributed by atoms with Gasteiger partial charge in [0.1, 0.15) is 18.4 Å². The van der Waals surface area contributed by atoms with Crippen LogP contribution in [0.5, 0.6) is 5.75 Å². The lowest BCUT2D eigenvalue weighted by molar-refractivity contribution is -0.137. The zero-order valence-electron chi connectivity index (χ0n) is 21.7. The van der Waals surface area contributed by atoms with E-state index in [-0.39, 0.29) is 36.7 Å². The lowest BCUT2D eigenvalue weighted by atomic mass is 9.79. The summed E-state index contributed by atoms with van der Waals surface area (Å²) in [6.07, 6.45) is 7.74. The number of hydrogen-bond donors (Lipinski definition) is 2. The maximum Gasteiger partial charge on any atom is 0.255 e. The van der Waals surface area contributed by atoms with Crippen LogP contribution in [0.4, 0.5) is 0 Å². The standard InChI is InChI=1S/C29H36N4O5/c34-25-7-6-23(28(36)30-25)33-15-21-19(29(33)37)3-1-5-24(21)38-10-9-32-8-2-4-22(32)27(35)31-26-18-12-16-11-17(14-18)20(26)13-16/h1,3,5,16-18,20,22-23,26H,2,4,6-15H2,(H,31,35)(H,30,34,36). The summed E-state index contributed by atoms with van der Waals surface area (Å²) in [5, 5.41) is 5.82. The molecule has 2 saturated heterocycles. The summed E-state index contributed by atoms with van der Waals surface area (Å²) in [4.78, 5) is 54.1. The zero-order valence-corrected chi connectivity index (χ0v) is 21.7. The van der Waals surface area contributed by atoms with Crippen molar-refractivity contribution in [2.45, 2.75) is 76.0 Å². The summed E-state index contributed by atoms with van der Waals surface area (Å²) in [5.74, 6) is 3.04. The number of nitrogens with one attached hydrogen (secondary N) is 2. The lowest BCUT2D eigenvalue weighted by Gasteiger charge is -2.34. The van der Waals surface area contributed by atoms with E-state index >= 15 is 0 Å². The van der Waals surface area contributed by atoms with Gasteiger partial charge in [-0.15, -0.1) is 0 Å². The highest BCUT2D eigenvalue weighted by molar-refractivity contribution is 6.05. The second kappa shape index (κ2) is 9.36. The molecule has 8 rings (SSSR count). The monoisotopic (exact) mass is 520 g/mol. The van der Waals surface area contributed by atoms with Crippen molar-refractivity contribution >= 4 is 23.6 Å². The number of ether oxygens (including phenoxy) is 1. The van der Waals surface area contributed by atoms with Crippen LogP contribution in [-0.4, -0.2) is 71.3 Å². The number of imide groups is 1. The van der Waals surface area contributed by atoms with Crippen LogP contribution in [0.25, 0.3) is 0 Å². The van der Waals surface area contributed by atoms with E-state index in [2.05, 4.69) is 15.5 Å². The minimum absolute atomic E-state index is 0.0963. The van der Waals surface area contributed by atoms with Gasteiger partial charge in [0.15, 0.2) is 0 Å². The molecule has 9 nitrogen and oxygen atoms in total. The second-order valence-electron chi connectivity index (χ2n) is 12.3. The van der Waals surface area contributed by atoms with Crippen molar-refractivity contribution in [3.63, 3.8) is 0 Å². The number of nitrogens with zero attached hydrogens (tertiary/aromatic N) is 2. The summed E-state index contributed by atoms with van der Waals surface area (Å²) >= 11 is 0. The van der Waals surface area contributed by atoms with Crippen molar-refractivity contribution in [3.05, 3.63) is 29.3 Å². The Morgan fingerprint density at radius 1 is 1.08 bits per heavy atom. The number of hydrogen-bond acceptors (Lipinski definition) is 6. The van der Waals surface area contributed by atoms with E-state index in [1.165, 1.54) is 25.7 Å². The van der Waals surface area contributed by atoms with Crippen molar-refractivity contribution in [2.75, 3.05) is 19.7 Å². The summed E-state index contributed by atoms with van der Waals surface area (Å²) in [6.45, 7) is 2.25. The number of fused-ring (bicyclic) bond motifs is 1. The summed E-state index contributed by atoms with van der Waals surface area (Å²) in [5.41, 5.74) is 1.33. The lowest BCUT2D eigenvalue weighted by Crippen LogP contribution is -2.52. The molecule has 4 saturated carbocycles. The van der Waals surface area contributed by atoms with Crippen molar-refractivity contribution in [1.82, 2.24) is 20.4 Å². The van der Waals surface area contributed by atoms with E-state index in [0.29, 0.717) is 48.8 Å². The smallest absolute Gasteiger partial charge is 0.255 e. The van der Waals surface area contributed by atoms with Gasteiger partial charge in [-0.3, -0.25) is 29.4 Å². The highest BCUT2D eigenvalue weighted by atomic mass is 16.5. The first-order valence-corrected chi connectivity index (χ1v) is 14.4. The largest absolute Gasteiger partial charge is 0.492 e. The predicted octanol–water partition coefficient (Wildman–Crippen LogP) is 1.84. The van der Waals surface area contributed by atoms with Gasteiger partial charge in [0, 0.05) is 30.1 Å². The van der Waals surface area contributed by atoms with Crippen molar-refractivity contribution in [2.24, 2.45) is 23.7 Å². The van der Waals surface area contributed by atoms with Gasteiger partial charge in [0.25, 0.3) is 5.91 Å². The van der Waals surface area contributed by atoms with Crippen LogP contribution in [-0.2, 0) is 20.9 Å². The number of carbonyl (C=O) groups excluding carboxylic acids is 4. The van der Waals surface area contributed by atoms with Crippen LogP contribution in [0, 0.1) is 23.7 Å². The maximum absolute atomic E-state index is 13.3. The van der Waals surface area contributed by atoms with Crippen LogP contribution in [0.1, 0.15) is 67.3 Å². The van der Waals surface area contributed by atoms with Crippen molar-refractivity contribution in [3.8, 4) is 5.75 Å². The molecule has 3 aliphatic heterocycles. The molecule has 0 radical (unpaired) electrons. The Morgan fingerprint density at radius 3 is 2.79 bits per heavy atom. The molecule has 4 amide bonds. The van der Waals surface area contributed by atoms with Crippen LogP contribution in [0.3, 0.4) is 0 Å². The Kier molecular flexibility index (Phi) is 5.94. The van der Waals surface area contributed by atoms with E-state index in [0.717, 1.165) is 36.8 Å². The summed E-state index contributed by atoms with van der Waals surface area (Å²) in [7, 11) is 0. The summed E-state index contributed by atoms with van der Waals surface area (Å²) < 4.78 is 6.17. The molecule has 9 heteroatoms. The molecule has 3 heterocycles. The molecule has 4 aliphatic carbocycles. The van der Waals surface area contributed by atoms with E-state index in [9.17, 15) is 19.2 Å². The second-order valence-corrected chi connectivity index (χ2v) is 12.3. The predicted molar refractivity (Wildman–Crippen MR) is 137 cm³/mol. The molecule has 2 N–H and O–H groups in total. The molecule has 1 aromatic carbocycles. The third-order valence-electron chi connectivity index (χ3n) is 10.2. The molecule has 38 heavy (non-hydrogen) atoms. The first kappa shape index (κ1) is 24.1. The number of piperidine rings is 1. The Morgan fingerprint density at radius 2 is 1.95 bits per heavy atom. The fraction of sp³-hybridized carbons (Fsp3) is 0.655. The van der Waals surface area contributed by atoms with Crippen LogP contribution < -0.4 is 15.4 Å². The maximum atomic E-state index is 13.3. The molecule has 1 aromatic rings. The molecule has 4 bridgehead atoms. The average Bonchev–Trinajstić information content (AvgIpc) is 3.62. The fourth-order valence-electron chi connectivity index (χ4n) is 8.58. The highest BCUT2D eigenvalue weighted by Gasteiger charge is 2.54. The van der Waals surface area contributed by atoms with Gasteiger partial charge >= 0.3 is 0 Å². The number of likely N-dealkylation sites (tertiary alicyclic amines) is 1. The summed E-state index contributed by atoms with van der Waals surface area (Å²) in [6, 6.07) is 5.06. The van der Waals surface area contributed by atoms with Gasteiger partial charge in [-0.1, -0.05) is 6.07 Å². The molecule has 7 aliphatic rings. The molecule has 0 aromatic heterocycles. The first-order chi connectivity index (χ1) is 18.5. The first-order valence-electron chi connectivity index (χ1n) is 14.4. The van der Waals surface area contributed by atoms with Crippen LogP contribution in [0.15, 0.2) is 18.2 Å². The minimum Gasteiger partial charge on any atom is -0.492 e. The molecule has 7 atom stereocenters. The van der Waals surface area contributed by atoms with Crippen LogP contribution in [0.2, 0.25) is 0 Å². The van der Waals surface area contributed by atoms with Crippen molar-refractivity contribution in [1.29, 1.82) is 0 Å². The van der Waals surface area contributed by atoms with Gasteiger partial charge < -0.3 is 15.0 Å². The Balaban J connectivity index is 0.960. The fourth-order valence-corrected chi connectivity index (χ4v) is 8.58. The minimum atomic E-state index is -0.644. The molecule has 7 unspecified atom stereocenters. The van der Waals surface area contributed by atoms with E-state index in [4.69, 9.17) is 4.74 Å². The molecule has 202 valence electrons. The number of carbonyl (C=O) groups is 4. The molecule has 6 fully saturated rings. The van der Waals surface area contributed by atoms with Gasteiger partial charge in [0.05, 0.1) is 12.6 Å². The average molecular weight is 521 g/mol. The van der Waals surface area contributed by atoms with Gasteiger partial charge in [-0.25, -0.2) is 0 Å². The van der Waals surface area contributed by atoms with E-state index < -0.39 is 11.9 Å². The van der Waals surface area contributed by atoms with Crippen molar-refractivity contribution < 1.29 is 23.9 Å². The quantitative estimate of drug-likeness (QED) is 0.532. The Bertz CT molecular complexity index is 1180. The number of amides is 4. The van der Waals surface area contributed by atoms with Gasteiger partial charge in [-0.05, 0) is 87.3 Å². The van der Waals surface area contributed by atoms with Gasteiger partial charge in [0.2, 0.25) is 17.7 Å². The SMILES string of the molecule is O=C1CCC(N2Cc3c(OCCN4CCCC4C(=O)NC4C5CC6CC(C5)C4C6)cccc3C2=O)C(=O)N1. The van der Waals surface area contributed by atoms with E-state index in [1.807, 2.05) is 6.07 Å².